The second-order valence-electron chi connectivity index (χ2n) is 5.49. The van der Waals surface area contributed by atoms with Gasteiger partial charge in [-0.3, -0.25) is 0 Å². The van der Waals surface area contributed by atoms with Crippen molar-refractivity contribution in [3.05, 3.63) is 29.3 Å². The fraction of sp³-hybridized carbons (Fsp3) is 0.625. The van der Waals surface area contributed by atoms with Crippen LogP contribution in [0, 0.1) is 19.8 Å². The van der Waals surface area contributed by atoms with Crippen molar-refractivity contribution in [1.82, 2.24) is 5.32 Å². The summed E-state index contributed by atoms with van der Waals surface area (Å²) in [7, 11) is 1.71. The zero-order valence-corrected chi connectivity index (χ0v) is 12.8. The largest absolute Gasteiger partial charge is 0.487 e. The number of benzene rings is 1. The molecule has 0 fully saturated rings. The summed E-state index contributed by atoms with van der Waals surface area (Å²) in [6.07, 6.45) is 0.0471. The summed E-state index contributed by atoms with van der Waals surface area (Å²) < 4.78 is 11.2. The maximum Gasteiger partial charge on any atom is 0.134 e. The summed E-state index contributed by atoms with van der Waals surface area (Å²) in [4.78, 5) is 0. The van der Waals surface area contributed by atoms with Gasteiger partial charge in [0.25, 0.3) is 0 Å². The van der Waals surface area contributed by atoms with Gasteiger partial charge in [-0.15, -0.1) is 0 Å². The van der Waals surface area contributed by atoms with Gasteiger partial charge in [0, 0.05) is 13.7 Å². The van der Waals surface area contributed by atoms with Gasteiger partial charge in [0.05, 0.1) is 6.61 Å². The monoisotopic (exact) mass is 265 g/mol. The Morgan fingerprint density at radius 1 is 1.11 bits per heavy atom. The van der Waals surface area contributed by atoms with E-state index in [1.807, 2.05) is 6.07 Å². The summed E-state index contributed by atoms with van der Waals surface area (Å²) in [5, 5.41) is 3.41. The first kappa shape index (κ1) is 16.0. The summed E-state index contributed by atoms with van der Waals surface area (Å²) >= 11 is 0. The average Bonchev–Trinajstić information content (AvgIpc) is 2.33. The quantitative estimate of drug-likeness (QED) is 0.784. The SMILES string of the molecule is COCC(CNCC(C)C)Oc1ccc(C)c(C)c1. The van der Waals surface area contributed by atoms with Crippen LogP contribution < -0.4 is 10.1 Å². The molecule has 0 amide bonds. The molecule has 0 aliphatic carbocycles. The topological polar surface area (TPSA) is 30.5 Å². The highest BCUT2D eigenvalue weighted by Crippen LogP contribution is 2.17. The van der Waals surface area contributed by atoms with Crippen molar-refractivity contribution < 1.29 is 9.47 Å². The standard InChI is InChI=1S/C16H27NO2/c1-12(2)9-17-10-16(11-18-5)19-15-7-6-13(3)14(4)8-15/h6-8,12,16-17H,9-11H2,1-5H3. The minimum atomic E-state index is 0.0471. The number of rotatable bonds is 8. The van der Waals surface area contributed by atoms with Crippen LogP contribution in [0.3, 0.4) is 0 Å². The third-order valence-corrected chi connectivity index (χ3v) is 3.06. The molecule has 1 aromatic carbocycles. The first-order valence-electron chi connectivity index (χ1n) is 6.96. The molecule has 1 aromatic rings. The molecule has 0 saturated heterocycles. The van der Waals surface area contributed by atoms with Crippen molar-refractivity contribution in [2.24, 2.45) is 5.92 Å². The van der Waals surface area contributed by atoms with Crippen LogP contribution in [-0.2, 0) is 4.74 Å². The van der Waals surface area contributed by atoms with E-state index in [2.05, 4.69) is 45.1 Å². The predicted molar refractivity (Wildman–Crippen MR) is 79.9 cm³/mol. The van der Waals surface area contributed by atoms with Gasteiger partial charge in [0.1, 0.15) is 11.9 Å². The number of methoxy groups -OCH3 is 1. The molecule has 3 heteroatoms. The molecule has 0 heterocycles. The maximum atomic E-state index is 5.99. The van der Waals surface area contributed by atoms with Crippen LogP contribution in [-0.4, -0.2) is 32.9 Å². The van der Waals surface area contributed by atoms with Crippen LogP contribution in [0.15, 0.2) is 18.2 Å². The van der Waals surface area contributed by atoms with Crippen molar-refractivity contribution >= 4 is 0 Å². The van der Waals surface area contributed by atoms with Gasteiger partial charge in [0.15, 0.2) is 0 Å². The molecule has 19 heavy (non-hydrogen) atoms. The molecule has 0 aliphatic heterocycles. The number of aryl methyl sites for hydroxylation is 2. The Bertz CT molecular complexity index is 377. The Kier molecular flexibility index (Phi) is 6.89. The van der Waals surface area contributed by atoms with Crippen LogP contribution in [0.25, 0.3) is 0 Å². The fourth-order valence-corrected chi connectivity index (χ4v) is 1.83. The molecule has 0 aliphatic rings. The maximum absolute atomic E-state index is 5.99. The molecule has 0 spiro atoms. The van der Waals surface area contributed by atoms with Gasteiger partial charge in [-0.05, 0) is 49.6 Å². The third-order valence-electron chi connectivity index (χ3n) is 3.06. The highest BCUT2D eigenvalue weighted by molar-refractivity contribution is 5.33. The Morgan fingerprint density at radius 2 is 1.84 bits per heavy atom. The zero-order chi connectivity index (χ0) is 14.3. The van der Waals surface area contributed by atoms with Gasteiger partial charge >= 0.3 is 0 Å². The minimum Gasteiger partial charge on any atom is -0.487 e. The first-order chi connectivity index (χ1) is 9.02. The molecule has 1 N–H and O–H groups in total. The molecule has 1 atom stereocenters. The molecule has 0 radical (unpaired) electrons. The van der Waals surface area contributed by atoms with E-state index in [0.29, 0.717) is 12.5 Å². The lowest BCUT2D eigenvalue weighted by Crippen LogP contribution is -2.36. The van der Waals surface area contributed by atoms with E-state index in [0.717, 1.165) is 18.8 Å². The van der Waals surface area contributed by atoms with Crippen molar-refractivity contribution in [2.75, 3.05) is 26.8 Å². The van der Waals surface area contributed by atoms with E-state index in [-0.39, 0.29) is 6.10 Å². The molecule has 1 rings (SSSR count). The minimum absolute atomic E-state index is 0.0471. The Balaban J connectivity index is 2.54. The summed E-state index contributed by atoms with van der Waals surface area (Å²) in [5.74, 6) is 1.56. The van der Waals surface area contributed by atoms with Crippen LogP contribution in [0.5, 0.6) is 5.75 Å². The fourth-order valence-electron chi connectivity index (χ4n) is 1.83. The number of hydrogen-bond donors (Lipinski definition) is 1. The van der Waals surface area contributed by atoms with Crippen LogP contribution in [0.1, 0.15) is 25.0 Å². The van der Waals surface area contributed by atoms with Gasteiger partial charge < -0.3 is 14.8 Å². The lowest BCUT2D eigenvalue weighted by molar-refractivity contribution is 0.0802. The normalized spacial score (nSPS) is 12.7. The molecule has 1 unspecified atom stereocenters. The van der Waals surface area contributed by atoms with Gasteiger partial charge in [-0.1, -0.05) is 19.9 Å². The van der Waals surface area contributed by atoms with E-state index >= 15 is 0 Å². The van der Waals surface area contributed by atoms with Crippen molar-refractivity contribution in [2.45, 2.75) is 33.8 Å². The lowest BCUT2D eigenvalue weighted by Gasteiger charge is -2.20. The molecular weight excluding hydrogens is 238 g/mol. The second kappa shape index (κ2) is 8.18. The molecular formula is C16H27NO2. The Labute approximate surface area is 117 Å². The van der Waals surface area contributed by atoms with E-state index in [1.165, 1.54) is 11.1 Å². The average molecular weight is 265 g/mol. The highest BCUT2D eigenvalue weighted by atomic mass is 16.5. The van der Waals surface area contributed by atoms with Crippen LogP contribution >= 0.6 is 0 Å². The van der Waals surface area contributed by atoms with Crippen molar-refractivity contribution in [1.29, 1.82) is 0 Å². The summed E-state index contributed by atoms with van der Waals surface area (Å²) in [6.45, 7) is 11.0. The van der Waals surface area contributed by atoms with E-state index in [9.17, 15) is 0 Å². The highest BCUT2D eigenvalue weighted by Gasteiger charge is 2.10. The van der Waals surface area contributed by atoms with Gasteiger partial charge in [-0.2, -0.15) is 0 Å². The van der Waals surface area contributed by atoms with Gasteiger partial charge in [-0.25, -0.2) is 0 Å². The first-order valence-corrected chi connectivity index (χ1v) is 6.96. The molecule has 108 valence electrons. The zero-order valence-electron chi connectivity index (χ0n) is 12.8. The van der Waals surface area contributed by atoms with Gasteiger partial charge in [0.2, 0.25) is 0 Å². The van der Waals surface area contributed by atoms with E-state index < -0.39 is 0 Å². The molecule has 3 nitrogen and oxygen atoms in total. The Morgan fingerprint density at radius 3 is 2.42 bits per heavy atom. The van der Waals surface area contributed by atoms with Crippen LogP contribution in [0.2, 0.25) is 0 Å². The molecule has 0 bridgehead atoms. The Hall–Kier alpha value is -1.06. The number of ether oxygens (including phenoxy) is 2. The predicted octanol–water partition coefficient (Wildman–Crippen LogP) is 2.94. The molecule has 0 aromatic heterocycles. The van der Waals surface area contributed by atoms with Crippen molar-refractivity contribution in [3.8, 4) is 5.75 Å². The van der Waals surface area contributed by atoms with Crippen LogP contribution in [0.4, 0.5) is 0 Å². The number of hydrogen-bond acceptors (Lipinski definition) is 3. The third kappa shape index (κ3) is 6.08. The smallest absolute Gasteiger partial charge is 0.134 e. The van der Waals surface area contributed by atoms with E-state index in [1.54, 1.807) is 7.11 Å². The second-order valence-corrected chi connectivity index (χ2v) is 5.49. The molecule has 0 saturated carbocycles. The summed E-state index contributed by atoms with van der Waals surface area (Å²) in [5.41, 5.74) is 2.54. The lowest BCUT2D eigenvalue weighted by atomic mass is 10.1. The van der Waals surface area contributed by atoms with E-state index in [4.69, 9.17) is 9.47 Å². The summed E-state index contributed by atoms with van der Waals surface area (Å²) in [6, 6.07) is 6.20. The number of nitrogens with one attached hydrogen (secondary N) is 1. The van der Waals surface area contributed by atoms with Crippen molar-refractivity contribution in [3.63, 3.8) is 0 Å².